The molecule has 12 heteroatoms. The fraction of sp³-hybridized carbons (Fsp3) is 0.257. The molecule has 0 aromatic heterocycles. The van der Waals surface area contributed by atoms with Crippen LogP contribution < -0.4 is 19.1 Å². The van der Waals surface area contributed by atoms with E-state index in [0.717, 1.165) is 22.0 Å². The molecule has 4 aromatic carbocycles. The summed E-state index contributed by atoms with van der Waals surface area (Å²) in [5.74, 6) is -1.87. The SMILES string of the molecule is CC(C)NC(=O)[C@H](Cc1ccccc1)N(Cc1ccccc1F)C(=O)CN(c1ccc(F)cc1)S(=O)(=O)c1ccc2c(c1)OCCO2. The highest BCUT2D eigenvalue weighted by atomic mass is 32.2. The van der Waals surface area contributed by atoms with Crippen molar-refractivity contribution in [2.45, 2.75) is 43.8 Å². The molecule has 1 N–H and O–H groups in total. The second kappa shape index (κ2) is 14.6. The molecule has 5 rings (SSSR count). The molecule has 0 aliphatic carbocycles. The maximum atomic E-state index is 15.0. The number of nitrogens with zero attached hydrogens (tertiary/aromatic N) is 2. The third kappa shape index (κ3) is 8.07. The Bertz CT molecular complexity index is 1820. The van der Waals surface area contributed by atoms with E-state index < -0.39 is 46.1 Å². The zero-order valence-corrected chi connectivity index (χ0v) is 26.8. The maximum absolute atomic E-state index is 15.0. The van der Waals surface area contributed by atoms with Gasteiger partial charge in [0.25, 0.3) is 10.0 Å². The Morgan fingerprint density at radius 3 is 2.19 bits per heavy atom. The number of nitrogens with one attached hydrogen (secondary N) is 1. The molecular weight excluding hydrogens is 628 g/mol. The van der Waals surface area contributed by atoms with E-state index in [1.165, 1.54) is 53.4 Å². The lowest BCUT2D eigenvalue weighted by molar-refractivity contribution is -0.140. The van der Waals surface area contributed by atoms with E-state index >= 15 is 4.39 Å². The first-order valence-corrected chi connectivity index (χ1v) is 16.5. The Hall–Kier alpha value is -4.97. The summed E-state index contributed by atoms with van der Waals surface area (Å²) in [6, 6.07) is 22.2. The van der Waals surface area contributed by atoms with Gasteiger partial charge in [0, 0.05) is 30.6 Å². The number of sulfonamides is 1. The van der Waals surface area contributed by atoms with Crippen molar-refractivity contribution in [2.24, 2.45) is 0 Å². The van der Waals surface area contributed by atoms with Gasteiger partial charge in [-0.05, 0) is 61.9 Å². The number of benzene rings is 4. The van der Waals surface area contributed by atoms with Crippen LogP contribution in [0.2, 0.25) is 0 Å². The Morgan fingerprint density at radius 1 is 0.851 bits per heavy atom. The monoisotopic (exact) mass is 663 g/mol. The molecule has 0 spiro atoms. The van der Waals surface area contributed by atoms with Crippen LogP contribution in [0.3, 0.4) is 0 Å². The lowest BCUT2D eigenvalue weighted by Gasteiger charge is -2.34. The van der Waals surface area contributed by atoms with Crippen LogP contribution in [0.4, 0.5) is 14.5 Å². The van der Waals surface area contributed by atoms with Gasteiger partial charge in [-0.15, -0.1) is 0 Å². The minimum Gasteiger partial charge on any atom is -0.486 e. The van der Waals surface area contributed by atoms with Crippen LogP contribution in [-0.2, 0) is 32.6 Å². The van der Waals surface area contributed by atoms with Crippen LogP contribution >= 0.6 is 0 Å². The van der Waals surface area contributed by atoms with Crippen molar-refractivity contribution >= 4 is 27.5 Å². The molecule has 1 heterocycles. The minimum absolute atomic E-state index is 0.00622. The second-order valence-corrected chi connectivity index (χ2v) is 13.1. The average molecular weight is 664 g/mol. The summed E-state index contributed by atoms with van der Waals surface area (Å²) in [6.07, 6.45) is 0.0744. The summed E-state index contributed by atoms with van der Waals surface area (Å²) in [5.41, 5.74) is 0.882. The lowest BCUT2D eigenvalue weighted by Crippen LogP contribution is -2.54. The van der Waals surface area contributed by atoms with Gasteiger partial charge in [0.05, 0.1) is 10.6 Å². The number of anilines is 1. The summed E-state index contributed by atoms with van der Waals surface area (Å²) in [7, 11) is -4.48. The van der Waals surface area contributed by atoms with Crippen molar-refractivity contribution in [1.29, 1.82) is 0 Å². The summed E-state index contributed by atoms with van der Waals surface area (Å²) in [6.45, 7) is 2.98. The smallest absolute Gasteiger partial charge is 0.264 e. The van der Waals surface area contributed by atoms with E-state index in [2.05, 4.69) is 5.32 Å². The fourth-order valence-corrected chi connectivity index (χ4v) is 6.62. The van der Waals surface area contributed by atoms with Gasteiger partial charge >= 0.3 is 0 Å². The molecule has 0 fully saturated rings. The number of fused-ring (bicyclic) bond motifs is 1. The molecule has 1 aliphatic rings. The quantitative estimate of drug-likeness (QED) is 0.226. The number of halogens is 2. The molecule has 47 heavy (non-hydrogen) atoms. The van der Waals surface area contributed by atoms with Crippen LogP contribution in [0.5, 0.6) is 11.5 Å². The van der Waals surface area contributed by atoms with Gasteiger partial charge in [-0.3, -0.25) is 13.9 Å². The number of ether oxygens (including phenoxy) is 2. The predicted octanol–water partition coefficient (Wildman–Crippen LogP) is 5.10. The van der Waals surface area contributed by atoms with E-state index in [1.54, 1.807) is 44.2 Å². The molecule has 0 radical (unpaired) electrons. The van der Waals surface area contributed by atoms with E-state index in [-0.39, 0.29) is 47.5 Å². The normalized spacial score (nSPS) is 13.1. The van der Waals surface area contributed by atoms with Gasteiger partial charge in [-0.1, -0.05) is 48.5 Å². The standard InChI is InChI=1S/C35H35F2N3O6S/c1-24(2)38-35(42)31(20-25-8-4-3-5-9-25)39(22-26-10-6-7-11-30(26)37)34(41)23-40(28-14-12-27(36)13-15-28)47(43,44)29-16-17-32-33(21-29)46-19-18-45-32/h3-17,21,24,31H,18-20,22-23H2,1-2H3,(H,38,42)/t31-/m0/s1. The minimum atomic E-state index is -4.48. The third-order valence-electron chi connectivity index (χ3n) is 7.50. The van der Waals surface area contributed by atoms with Crippen molar-refractivity contribution in [3.63, 3.8) is 0 Å². The van der Waals surface area contributed by atoms with Crippen molar-refractivity contribution in [3.05, 3.63) is 120 Å². The van der Waals surface area contributed by atoms with Gasteiger partial charge in [0.1, 0.15) is 37.4 Å². The van der Waals surface area contributed by atoms with E-state index in [9.17, 15) is 22.4 Å². The Balaban J connectivity index is 1.58. The maximum Gasteiger partial charge on any atom is 0.264 e. The predicted molar refractivity (Wildman–Crippen MR) is 173 cm³/mol. The van der Waals surface area contributed by atoms with E-state index in [0.29, 0.717) is 12.4 Å². The average Bonchev–Trinajstić information content (AvgIpc) is 3.06. The van der Waals surface area contributed by atoms with E-state index in [1.807, 2.05) is 6.07 Å². The molecule has 1 aliphatic heterocycles. The summed E-state index contributed by atoms with van der Waals surface area (Å²) in [4.78, 5) is 29.2. The number of hydrogen-bond donors (Lipinski definition) is 1. The van der Waals surface area contributed by atoms with E-state index in [4.69, 9.17) is 9.47 Å². The lowest BCUT2D eigenvalue weighted by atomic mass is 10.0. The van der Waals surface area contributed by atoms with Gasteiger partial charge in [0.2, 0.25) is 11.8 Å². The number of carbonyl (C=O) groups is 2. The van der Waals surface area contributed by atoms with Gasteiger partial charge in [-0.2, -0.15) is 0 Å². The summed E-state index contributed by atoms with van der Waals surface area (Å²) < 4.78 is 69.5. The van der Waals surface area contributed by atoms with Gasteiger partial charge in [-0.25, -0.2) is 17.2 Å². The molecule has 0 saturated heterocycles. The number of carbonyl (C=O) groups excluding carboxylic acids is 2. The Morgan fingerprint density at radius 2 is 1.51 bits per heavy atom. The topological polar surface area (TPSA) is 105 Å². The summed E-state index contributed by atoms with van der Waals surface area (Å²) >= 11 is 0. The first-order chi connectivity index (χ1) is 22.5. The number of amides is 2. The highest BCUT2D eigenvalue weighted by molar-refractivity contribution is 7.92. The van der Waals surface area contributed by atoms with Gasteiger partial charge < -0.3 is 19.7 Å². The summed E-state index contributed by atoms with van der Waals surface area (Å²) in [5, 5.41) is 2.85. The first-order valence-electron chi connectivity index (χ1n) is 15.1. The van der Waals surface area contributed by atoms with Crippen LogP contribution in [-0.4, -0.2) is 57.0 Å². The van der Waals surface area contributed by atoms with Crippen molar-refractivity contribution < 1.29 is 36.3 Å². The van der Waals surface area contributed by atoms with Crippen molar-refractivity contribution in [1.82, 2.24) is 10.2 Å². The van der Waals surface area contributed by atoms with Crippen LogP contribution in [0.1, 0.15) is 25.0 Å². The molecule has 0 saturated carbocycles. The zero-order valence-electron chi connectivity index (χ0n) is 25.9. The third-order valence-corrected chi connectivity index (χ3v) is 9.27. The van der Waals surface area contributed by atoms with Crippen molar-refractivity contribution in [3.8, 4) is 11.5 Å². The number of rotatable bonds is 12. The molecule has 1 atom stereocenters. The Labute approximate surface area is 272 Å². The molecule has 0 bridgehead atoms. The van der Waals surface area contributed by atoms with Crippen LogP contribution in [0, 0.1) is 11.6 Å². The molecule has 0 unspecified atom stereocenters. The Kier molecular flexibility index (Phi) is 10.4. The van der Waals surface area contributed by atoms with Crippen LogP contribution in [0.25, 0.3) is 0 Å². The largest absolute Gasteiger partial charge is 0.486 e. The van der Waals surface area contributed by atoms with Crippen molar-refractivity contribution in [2.75, 3.05) is 24.1 Å². The first kappa shape index (κ1) is 33.4. The number of hydrogen-bond acceptors (Lipinski definition) is 6. The molecule has 9 nitrogen and oxygen atoms in total. The second-order valence-electron chi connectivity index (χ2n) is 11.3. The molecule has 2 amide bonds. The fourth-order valence-electron chi connectivity index (χ4n) is 5.19. The highest BCUT2D eigenvalue weighted by Crippen LogP contribution is 2.34. The zero-order chi connectivity index (χ0) is 33.6. The highest BCUT2D eigenvalue weighted by Gasteiger charge is 2.35. The molecular formula is C35H35F2N3O6S. The van der Waals surface area contributed by atoms with Gasteiger partial charge in [0.15, 0.2) is 11.5 Å². The molecule has 4 aromatic rings. The van der Waals surface area contributed by atoms with Crippen LogP contribution in [0.15, 0.2) is 102 Å². The molecule has 246 valence electrons.